The Morgan fingerprint density at radius 1 is 1.42 bits per heavy atom. The van der Waals surface area contributed by atoms with Crippen LogP contribution in [0.5, 0.6) is 0 Å². The van der Waals surface area contributed by atoms with Gasteiger partial charge in [0.1, 0.15) is 0 Å². The largest absolute Gasteiger partial charge is 0.310 e. The van der Waals surface area contributed by atoms with Gasteiger partial charge in [0.2, 0.25) is 0 Å². The monoisotopic (exact) mass is 324 g/mol. The van der Waals surface area contributed by atoms with Gasteiger partial charge >= 0.3 is 0 Å². The Hall–Kier alpha value is -0.380. The molecule has 0 aliphatic heterocycles. The van der Waals surface area contributed by atoms with Crippen molar-refractivity contribution in [3.8, 4) is 0 Å². The van der Waals surface area contributed by atoms with Crippen molar-refractivity contribution in [1.29, 1.82) is 0 Å². The molecule has 2 rings (SSSR count). The molecule has 1 aromatic carbocycles. The Labute approximate surface area is 125 Å². The number of hydrogen-bond donors (Lipinski definition) is 1. The van der Waals surface area contributed by atoms with Crippen LogP contribution in [0.2, 0.25) is 0 Å². The maximum atomic E-state index is 3.71. The molecule has 0 bridgehead atoms. The van der Waals surface area contributed by atoms with Crippen LogP contribution in [-0.2, 0) is 13.1 Å². The third-order valence-electron chi connectivity index (χ3n) is 4.05. The van der Waals surface area contributed by atoms with E-state index in [1.165, 1.54) is 34.9 Å². The number of halogens is 1. The standard InChI is InChI=1S/C16H25BrN2/c1-4-12(2)19(3)11-14-6-5-13(9-16(14)17)10-18-15-7-8-15/h5-6,9,12,15,18H,4,7-8,10-11H2,1-3H3. The minimum absolute atomic E-state index is 0.628. The van der Waals surface area contributed by atoms with Gasteiger partial charge in [0.15, 0.2) is 0 Å². The summed E-state index contributed by atoms with van der Waals surface area (Å²) >= 11 is 3.71. The van der Waals surface area contributed by atoms with Crippen LogP contribution in [0.15, 0.2) is 22.7 Å². The predicted octanol–water partition coefficient (Wildman–Crippen LogP) is 3.93. The van der Waals surface area contributed by atoms with Crippen molar-refractivity contribution >= 4 is 15.9 Å². The second-order valence-electron chi connectivity index (χ2n) is 5.75. The predicted molar refractivity (Wildman–Crippen MR) is 85.2 cm³/mol. The third kappa shape index (κ3) is 4.59. The zero-order valence-corrected chi connectivity index (χ0v) is 13.8. The van der Waals surface area contributed by atoms with E-state index >= 15 is 0 Å². The fourth-order valence-electron chi connectivity index (χ4n) is 2.11. The van der Waals surface area contributed by atoms with E-state index in [-0.39, 0.29) is 0 Å². The number of nitrogens with one attached hydrogen (secondary N) is 1. The number of nitrogens with zero attached hydrogens (tertiary/aromatic N) is 1. The highest BCUT2D eigenvalue weighted by atomic mass is 79.9. The van der Waals surface area contributed by atoms with Gasteiger partial charge in [0, 0.05) is 29.6 Å². The van der Waals surface area contributed by atoms with E-state index in [4.69, 9.17) is 0 Å². The van der Waals surface area contributed by atoms with Crippen LogP contribution in [0, 0.1) is 0 Å². The minimum atomic E-state index is 0.628. The van der Waals surface area contributed by atoms with Crippen LogP contribution in [0.25, 0.3) is 0 Å². The molecule has 1 fully saturated rings. The van der Waals surface area contributed by atoms with E-state index in [1.54, 1.807) is 0 Å². The van der Waals surface area contributed by atoms with Crippen LogP contribution in [0.4, 0.5) is 0 Å². The first-order valence-corrected chi connectivity index (χ1v) is 8.10. The second-order valence-corrected chi connectivity index (χ2v) is 6.61. The molecule has 3 heteroatoms. The molecule has 2 nitrogen and oxygen atoms in total. The number of benzene rings is 1. The van der Waals surface area contributed by atoms with Crippen molar-refractivity contribution in [2.24, 2.45) is 0 Å². The summed E-state index contributed by atoms with van der Waals surface area (Å²) in [6, 6.07) is 8.17. The van der Waals surface area contributed by atoms with Crippen molar-refractivity contribution in [1.82, 2.24) is 10.2 Å². The number of rotatable bonds is 7. The van der Waals surface area contributed by atoms with E-state index in [0.29, 0.717) is 6.04 Å². The summed E-state index contributed by atoms with van der Waals surface area (Å²) in [4.78, 5) is 2.40. The summed E-state index contributed by atoms with van der Waals surface area (Å²) in [5.41, 5.74) is 2.74. The van der Waals surface area contributed by atoms with Gasteiger partial charge in [0.25, 0.3) is 0 Å². The lowest BCUT2D eigenvalue weighted by atomic mass is 10.1. The summed E-state index contributed by atoms with van der Waals surface area (Å²) in [6.45, 7) is 6.52. The molecule has 106 valence electrons. The lowest BCUT2D eigenvalue weighted by Crippen LogP contribution is -2.27. The Bertz CT molecular complexity index is 415. The first-order chi connectivity index (χ1) is 9.10. The van der Waals surface area contributed by atoms with Gasteiger partial charge in [-0.15, -0.1) is 0 Å². The van der Waals surface area contributed by atoms with Crippen LogP contribution in [-0.4, -0.2) is 24.0 Å². The Kier molecular flexibility index (Phi) is 5.43. The topological polar surface area (TPSA) is 15.3 Å². The number of hydrogen-bond acceptors (Lipinski definition) is 2. The molecule has 0 radical (unpaired) electrons. The Balaban J connectivity index is 1.93. The average molecular weight is 325 g/mol. The van der Waals surface area contributed by atoms with Crippen LogP contribution < -0.4 is 5.32 Å². The van der Waals surface area contributed by atoms with E-state index in [1.807, 2.05) is 0 Å². The summed E-state index contributed by atoms with van der Waals surface area (Å²) in [5, 5.41) is 3.56. The molecule has 0 amide bonds. The maximum Gasteiger partial charge on any atom is 0.0244 e. The molecule has 19 heavy (non-hydrogen) atoms. The zero-order valence-electron chi connectivity index (χ0n) is 12.2. The van der Waals surface area contributed by atoms with Crippen molar-refractivity contribution in [2.75, 3.05) is 7.05 Å². The average Bonchev–Trinajstić information content (AvgIpc) is 3.22. The molecule has 1 unspecified atom stereocenters. The molecule has 0 spiro atoms. The molecule has 1 aliphatic carbocycles. The highest BCUT2D eigenvalue weighted by molar-refractivity contribution is 9.10. The lowest BCUT2D eigenvalue weighted by Gasteiger charge is -2.24. The molecule has 0 saturated heterocycles. The van der Waals surface area contributed by atoms with Crippen LogP contribution in [0.3, 0.4) is 0 Å². The van der Waals surface area contributed by atoms with Crippen molar-refractivity contribution in [3.05, 3.63) is 33.8 Å². The normalized spacial score (nSPS) is 16.9. The first kappa shape index (κ1) is 15.0. The summed E-state index contributed by atoms with van der Waals surface area (Å²) in [7, 11) is 2.20. The van der Waals surface area contributed by atoms with Crippen LogP contribution >= 0.6 is 15.9 Å². The minimum Gasteiger partial charge on any atom is -0.310 e. The Morgan fingerprint density at radius 3 is 2.74 bits per heavy atom. The molecule has 1 N–H and O–H groups in total. The molecule has 0 aromatic heterocycles. The molecule has 1 saturated carbocycles. The molecular weight excluding hydrogens is 300 g/mol. The quantitative estimate of drug-likeness (QED) is 0.817. The van der Waals surface area contributed by atoms with Crippen molar-refractivity contribution < 1.29 is 0 Å². The highest BCUT2D eigenvalue weighted by Crippen LogP contribution is 2.23. The van der Waals surface area contributed by atoms with Gasteiger partial charge in [-0.05, 0) is 50.4 Å². The fraction of sp³-hybridized carbons (Fsp3) is 0.625. The van der Waals surface area contributed by atoms with E-state index in [9.17, 15) is 0 Å². The SMILES string of the molecule is CCC(C)N(C)Cc1ccc(CNC2CC2)cc1Br. The summed E-state index contributed by atoms with van der Waals surface area (Å²) < 4.78 is 1.23. The van der Waals surface area contributed by atoms with Crippen molar-refractivity contribution in [3.63, 3.8) is 0 Å². The Morgan fingerprint density at radius 2 is 2.16 bits per heavy atom. The van der Waals surface area contributed by atoms with Gasteiger partial charge in [-0.1, -0.05) is 35.0 Å². The molecular formula is C16H25BrN2. The fourth-order valence-corrected chi connectivity index (χ4v) is 2.67. The molecule has 1 aliphatic rings. The van der Waals surface area contributed by atoms with Gasteiger partial charge in [-0.2, -0.15) is 0 Å². The summed E-state index contributed by atoms with van der Waals surface area (Å²) in [6.07, 6.45) is 3.88. The van der Waals surface area contributed by atoms with Gasteiger partial charge in [-0.3, -0.25) is 4.90 Å². The van der Waals surface area contributed by atoms with E-state index in [0.717, 1.165) is 19.1 Å². The van der Waals surface area contributed by atoms with Crippen LogP contribution in [0.1, 0.15) is 44.2 Å². The molecule has 1 atom stereocenters. The maximum absolute atomic E-state index is 3.71. The first-order valence-electron chi connectivity index (χ1n) is 7.31. The lowest BCUT2D eigenvalue weighted by molar-refractivity contribution is 0.243. The van der Waals surface area contributed by atoms with Gasteiger partial charge in [-0.25, -0.2) is 0 Å². The van der Waals surface area contributed by atoms with E-state index in [2.05, 4.69) is 65.2 Å². The highest BCUT2D eigenvalue weighted by Gasteiger charge is 2.20. The zero-order chi connectivity index (χ0) is 13.8. The van der Waals surface area contributed by atoms with E-state index < -0.39 is 0 Å². The third-order valence-corrected chi connectivity index (χ3v) is 4.79. The molecule has 1 aromatic rings. The smallest absolute Gasteiger partial charge is 0.0244 e. The van der Waals surface area contributed by atoms with Crippen molar-refractivity contribution in [2.45, 2.75) is 58.3 Å². The van der Waals surface area contributed by atoms with Gasteiger partial charge in [0.05, 0.1) is 0 Å². The van der Waals surface area contributed by atoms with Gasteiger partial charge < -0.3 is 5.32 Å². The molecule has 0 heterocycles. The summed E-state index contributed by atoms with van der Waals surface area (Å²) in [5.74, 6) is 0. The second kappa shape index (κ2) is 6.87.